The third-order valence-electron chi connectivity index (χ3n) is 3.38. The number of hydrogen-bond donors (Lipinski definition) is 0. The normalized spacial score (nSPS) is 10.1. The van der Waals surface area contributed by atoms with E-state index in [2.05, 4.69) is 13.5 Å². The van der Waals surface area contributed by atoms with Gasteiger partial charge in [0.2, 0.25) is 0 Å². The molecule has 0 aliphatic heterocycles. The first kappa shape index (κ1) is 15.0. The van der Waals surface area contributed by atoms with Gasteiger partial charge in [-0.15, -0.1) is 6.58 Å². The maximum atomic E-state index is 12.1. The molecule has 0 aliphatic rings. The number of hydrogen-bond acceptors (Lipinski definition) is 2. The van der Waals surface area contributed by atoms with Crippen LogP contribution >= 0.6 is 0 Å². The second-order valence-corrected chi connectivity index (χ2v) is 4.86. The monoisotopic (exact) mass is 280 g/mol. The maximum absolute atomic E-state index is 12.1. The van der Waals surface area contributed by atoms with E-state index in [1.807, 2.05) is 54.6 Å². The molecular formula is C19H20O2. The third kappa shape index (κ3) is 4.06. The first-order chi connectivity index (χ1) is 10.2. The summed E-state index contributed by atoms with van der Waals surface area (Å²) in [4.78, 5) is 12.1. The van der Waals surface area contributed by atoms with Crippen LogP contribution in [0.4, 0.5) is 0 Å². The van der Waals surface area contributed by atoms with E-state index in [1.165, 1.54) is 5.56 Å². The van der Waals surface area contributed by atoms with Crippen LogP contribution in [0, 0.1) is 0 Å². The van der Waals surface area contributed by atoms with Crippen molar-refractivity contribution in [2.45, 2.75) is 19.8 Å². The van der Waals surface area contributed by atoms with Crippen LogP contribution < -0.4 is 4.74 Å². The Morgan fingerprint density at radius 3 is 2.52 bits per heavy atom. The Morgan fingerprint density at radius 2 is 1.86 bits per heavy atom. The van der Waals surface area contributed by atoms with Crippen molar-refractivity contribution < 1.29 is 9.53 Å². The molecule has 0 fully saturated rings. The van der Waals surface area contributed by atoms with Crippen molar-refractivity contribution in [3.63, 3.8) is 0 Å². The molecule has 2 nitrogen and oxygen atoms in total. The van der Waals surface area contributed by atoms with Crippen molar-refractivity contribution in [1.82, 2.24) is 0 Å². The van der Waals surface area contributed by atoms with Crippen LogP contribution in [0.15, 0.2) is 61.2 Å². The first-order valence-electron chi connectivity index (χ1n) is 7.18. The molecular weight excluding hydrogens is 260 g/mol. The average Bonchev–Trinajstić information content (AvgIpc) is 2.54. The van der Waals surface area contributed by atoms with Crippen LogP contribution in [-0.2, 0) is 12.8 Å². The SMILES string of the molecule is C=CCc1ccccc1OCC(=O)c1ccc(CC)cc1. The van der Waals surface area contributed by atoms with E-state index in [0.717, 1.165) is 24.2 Å². The molecule has 2 aromatic rings. The molecule has 0 unspecified atom stereocenters. The molecule has 0 atom stereocenters. The molecule has 0 spiro atoms. The van der Waals surface area contributed by atoms with Crippen LogP contribution in [0.2, 0.25) is 0 Å². The summed E-state index contributed by atoms with van der Waals surface area (Å²) in [6, 6.07) is 15.4. The second-order valence-electron chi connectivity index (χ2n) is 4.86. The van der Waals surface area contributed by atoms with Gasteiger partial charge in [-0.3, -0.25) is 4.79 Å². The Bertz CT molecular complexity index is 612. The molecule has 0 bridgehead atoms. The van der Waals surface area contributed by atoms with E-state index in [0.29, 0.717) is 5.56 Å². The lowest BCUT2D eigenvalue weighted by atomic mass is 10.1. The molecule has 0 saturated heterocycles. The highest BCUT2D eigenvalue weighted by Gasteiger charge is 2.08. The van der Waals surface area contributed by atoms with Gasteiger partial charge >= 0.3 is 0 Å². The van der Waals surface area contributed by atoms with Gasteiger partial charge in [0.15, 0.2) is 12.4 Å². The van der Waals surface area contributed by atoms with Crippen molar-refractivity contribution in [3.05, 3.63) is 77.9 Å². The smallest absolute Gasteiger partial charge is 0.200 e. The zero-order chi connectivity index (χ0) is 15.1. The van der Waals surface area contributed by atoms with Crippen LogP contribution in [0.25, 0.3) is 0 Å². The Hall–Kier alpha value is -2.35. The number of para-hydroxylation sites is 1. The standard InChI is InChI=1S/C19H20O2/c1-3-7-17-8-5-6-9-19(17)21-14-18(20)16-12-10-15(4-2)11-13-16/h3,5-6,8-13H,1,4,7,14H2,2H3. The summed E-state index contributed by atoms with van der Waals surface area (Å²) < 4.78 is 5.67. The van der Waals surface area contributed by atoms with Crippen molar-refractivity contribution in [3.8, 4) is 5.75 Å². The Labute approximate surface area is 126 Å². The fraction of sp³-hybridized carbons (Fsp3) is 0.211. The van der Waals surface area contributed by atoms with E-state index in [4.69, 9.17) is 4.74 Å². The number of carbonyl (C=O) groups is 1. The molecule has 0 aromatic heterocycles. The molecule has 21 heavy (non-hydrogen) atoms. The molecule has 0 aliphatic carbocycles. The second kappa shape index (κ2) is 7.44. The van der Waals surface area contributed by atoms with Crippen molar-refractivity contribution >= 4 is 5.78 Å². The molecule has 108 valence electrons. The number of ether oxygens (including phenoxy) is 1. The number of benzene rings is 2. The molecule has 2 rings (SSSR count). The van der Waals surface area contributed by atoms with Gasteiger partial charge < -0.3 is 4.74 Å². The van der Waals surface area contributed by atoms with Crippen LogP contribution in [-0.4, -0.2) is 12.4 Å². The van der Waals surface area contributed by atoms with Crippen molar-refractivity contribution in [2.75, 3.05) is 6.61 Å². The first-order valence-corrected chi connectivity index (χ1v) is 7.18. The predicted molar refractivity (Wildman–Crippen MR) is 86.0 cm³/mol. The van der Waals surface area contributed by atoms with Gasteiger partial charge in [0.1, 0.15) is 5.75 Å². The van der Waals surface area contributed by atoms with E-state index in [9.17, 15) is 4.79 Å². The molecule has 0 N–H and O–H groups in total. The summed E-state index contributed by atoms with van der Waals surface area (Å²) in [5.41, 5.74) is 2.96. The van der Waals surface area contributed by atoms with Crippen molar-refractivity contribution in [1.29, 1.82) is 0 Å². The Kier molecular flexibility index (Phi) is 5.33. The lowest BCUT2D eigenvalue weighted by Gasteiger charge is -2.10. The van der Waals surface area contributed by atoms with E-state index < -0.39 is 0 Å². The number of aryl methyl sites for hydroxylation is 1. The molecule has 0 heterocycles. The molecule has 2 aromatic carbocycles. The summed E-state index contributed by atoms with van der Waals surface area (Å²) in [6.45, 7) is 5.88. The summed E-state index contributed by atoms with van der Waals surface area (Å²) in [5, 5.41) is 0. The van der Waals surface area contributed by atoms with Gasteiger partial charge in [-0.1, -0.05) is 55.5 Å². The average molecular weight is 280 g/mol. The number of Topliss-reactive ketones (excluding diaryl/α,β-unsaturated/α-hetero) is 1. The minimum Gasteiger partial charge on any atom is -0.485 e. The largest absolute Gasteiger partial charge is 0.485 e. The summed E-state index contributed by atoms with van der Waals surface area (Å²) in [5.74, 6) is 0.738. The van der Waals surface area contributed by atoms with E-state index in [1.54, 1.807) is 0 Å². The van der Waals surface area contributed by atoms with Gasteiger partial charge in [-0.2, -0.15) is 0 Å². The van der Waals surface area contributed by atoms with E-state index in [-0.39, 0.29) is 12.4 Å². The minimum atomic E-state index is -0.00828. The van der Waals surface area contributed by atoms with Gasteiger partial charge in [0.05, 0.1) is 0 Å². The summed E-state index contributed by atoms with van der Waals surface area (Å²) in [6.07, 6.45) is 3.53. The fourth-order valence-corrected chi connectivity index (χ4v) is 2.12. The van der Waals surface area contributed by atoms with Gasteiger partial charge in [0.25, 0.3) is 0 Å². The van der Waals surface area contributed by atoms with Crippen LogP contribution in [0.5, 0.6) is 5.75 Å². The van der Waals surface area contributed by atoms with Gasteiger partial charge in [-0.05, 0) is 30.0 Å². The van der Waals surface area contributed by atoms with E-state index >= 15 is 0 Å². The highest BCUT2D eigenvalue weighted by Crippen LogP contribution is 2.19. The minimum absolute atomic E-state index is 0.00828. The van der Waals surface area contributed by atoms with Gasteiger partial charge in [-0.25, -0.2) is 0 Å². The molecule has 0 amide bonds. The molecule has 0 saturated carbocycles. The van der Waals surface area contributed by atoms with Gasteiger partial charge in [0, 0.05) is 5.56 Å². The zero-order valence-electron chi connectivity index (χ0n) is 12.3. The lowest BCUT2D eigenvalue weighted by molar-refractivity contribution is 0.0921. The molecule has 2 heteroatoms. The number of ketones is 1. The number of carbonyl (C=O) groups excluding carboxylic acids is 1. The third-order valence-corrected chi connectivity index (χ3v) is 3.38. The summed E-state index contributed by atoms with van der Waals surface area (Å²) in [7, 11) is 0. The number of rotatable bonds is 7. The van der Waals surface area contributed by atoms with Crippen molar-refractivity contribution in [2.24, 2.45) is 0 Å². The topological polar surface area (TPSA) is 26.3 Å². The fourth-order valence-electron chi connectivity index (χ4n) is 2.12. The maximum Gasteiger partial charge on any atom is 0.200 e. The molecule has 0 radical (unpaired) electrons. The number of allylic oxidation sites excluding steroid dienone is 1. The highest BCUT2D eigenvalue weighted by atomic mass is 16.5. The zero-order valence-corrected chi connectivity index (χ0v) is 12.3. The van der Waals surface area contributed by atoms with Crippen LogP contribution in [0.3, 0.4) is 0 Å². The Morgan fingerprint density at radius 1 is 1.14 bits per heavy atom. The Balaban J connectivity index is 2.01. The highest BCUT2D eigenvalue weighted by molar-refractivity contribution is 5.97. The lowest BCUT2D eigenvalue weighted by Crippen LogP contribution is -2.12. The summed E-state index contributed by atoms with van der Waals surface area (Å²) >= 11 is 0. The van der Waals surface area contributed by atoms with Crippen LogP contribution in [0.1, 0.15) is 28.4 Å². The quantitative estimate of drug-likeness (QED) is 0.560. The predicted octanol–water partition coefficient (Wildman–Crippen LogP) is 4.24.